The first-order chi connectivity index (χ1) is 8.61. The van der Waals surface area contributed by atoms with E-state index in [1.54, 1.807) is 6.92 Å². The lowest BCUT2D eigenvalue weighted by Crippen LogP contribution is -2.22. The molecule has 0 aliphatic heterocycles. The number of hydrogen-bond acceptors (Lipinski definition) is 6. The molecule has 0 aliphatic rings. The fraction of sp³-hybridized carbons (Fsp3) is 0.583. The number of hydrogen-bond donors (Lipinski definition) is 1. The Kier molecular flexibility index (Phi) is 3.76. The zero-order valence-electron chi connectivity index (χ0n) is 11.1. The molecule has 6 nitrogen and oxygen atoms in total. The van der Waals surface area contributed by atoms with Gasteiger partial charge in [-0.1, -0.05) is 17.2 Å². The highest BCUT2D eigenvalue weighted by atomic mass is 16.5. The first kappa shape index (κ1) is 12.8. The van der Waals surface area contributed by atoms with E-state index >= 15 is 0 Å². The van der Waals surface area contributed by atoms with Crippen LogP contribution >= 0.6 is 0 Å². The minimum atomic E-state index is 0.190. The summed E-state index contributed by atoms with van der Waals surface area (Å²) in [6.07, 6.45) is 0.944. The number of aryl methyl sites for hydroxylation is 3. The van der Waals surface area contributed by atoms with Crippen molar-refractivity contribution in [1.82, 2.24) is 20.6 Å². The fourth-order valence-corrected chi connectivity index (χ4v) is 2.07. The van der Waals surface area contributed by atoms with Crippen molar-refractivity contribution in [3.05, 3.63) is 28.7 Å². The van der Waals surface area contributed by atoms with Gasteiger partial charge in [-0.15, -0.1) is 0 Å². The Morgan fingerprint density at radius 2 is 1.94 bits per heavy atom. The predicted molar refractivity (Wildman–Crippen MR) is 64.9 cm³/mol. The first-order valence-electron chi connectivity index (χ1n) is 6.07. The summed E-state index contributed by atoms with van der Waals surface area (Å²) < 4.78 is 10.1. The second kappa shape index (κ2) is 5.30. The average Bonchev–Trinajstić information content (AvgIpc) is 2.89. The van der Waals surface area contributed by atoms with Crippen molar-refractivity contribution in [3.8, 4) is 0 Å². The highest BCUT2D eigenvalue weighted by Crippen LogP contribution is 2.24. The van der Waals surface area contributed by atoms with Crippen molar-refractivity contribution in [1.29, 1.82) is 0 Å². The van der Waals surface area contributed by atoms with Crippen LogP contribution < -0.4 is 5.32 Å². The molecule has 0 unspecified atom stereocenters. The molecule has 2 aromatic heterocycles. The van der Waals surface area contributed by atoms with E-state index in [2.05, 4.69) is 27.5 Å². The van der Waals surface area contributed by atoms with Crippen molar-refractivity contribution in [2.45, 2.75) is 46.7 Å². The van der Waals surface area contributed by atoms with Gasteiger partial charge in [-0.25, -0.2) is 0 Å². The maximum atomic E-state index is 5.19. The Labute approximate surface area is 106 Å². The third-order valence-electron chi connectivity index (χ3n) is 2.92. The first-order valence-corrected chi connectivity index (χ1v) is 6.07. The smallest absolute Gasteiger partial charge is 0.223 e. The monoisotopic (exact) mass is 250 g/mol. The molecular weight excluding hydrogens is 232 g/mol. The topological polar surface area (TPSA) is 77.0 Å². The Bertz CT molecular complexity index is 498. The number of rotatable bonds is 5. The molecule has 2 rings (SSSR count). The van der Waals surface area contributed by atoms with Gasteiger partial charge in [0.2, 0.25) is 5.89 Å². The third-order valence-corrected chi connectivity index (χ3v) is 2.92. The van der Waals surface area contributed by atoms with Crippen molar-refractivity contribution >= 4 is 0 Å². The van der Waals surface area contributed by atoms with Gasteiger partial charge in [-0.05, 0) is 20.3 Å². The van der Waals surface area contributed by atoms with Crippen molar-refractivity contribution in [2.75, 3.05) is 0 Å². The van der Waals surface area contributed by atoms with Crippen LogP contribution in [0.15, 0.2) is 9.05 Å². The summed E-state index contributed by atoms with van der Waals surface area (Å²) in [5, 5.41) is 11.2. The van der Waals surface area contributed by atoms with E-state index < -0.39 is 0 Å². The van der Waals surface area contributed by atoms with Gasteiger partial charge in [0.05, 0.1) is 12.2 Å². The molecule has 1 N–H and O–H groups in total. The molecule has 2 heterocycles. The van der Waals surface area contributed by atoms with Gasteiger partial charge in [0.15, 0.2) is 5.82 Å². The molecule has 6 heteroatoms. The number of aromatic nitrogens is 3. The van der Waals surface area contributed by atoms with E-state index in [1.807, 2.05) is 13.8 Å². The summed E-state index contributed by atoms with van der Waals surface area (Å²) in [6, 6.07) is 0.190. The van der Waals surface area contributed by atoms with Crippen LogP contribution in [-0.4, -0.2) is 15.3 Å². The molecule has 18 heavy (non-hydrogen) atoms. The predicted octanol–water partition coefficient (Wildman–Crippen LogP) is 2.22. The van der Waals surface area contributed by atoms with E-state index in [0.29, 0.717) is 18.3 Å². The SMILES string of the molecule is CC[C@H](NCc1noc(C)n1)c1c(C)noc1C. The van der Waals surface area contributed by atoms with E-state index in [9.17, 15) is 0 Å². The van der Waals surface area contributed by atoms with Crippen molar-refractivity contribution < 1.29 is 9.05 Å². The Morgan fingerprint density at radius 1 is 1.17 bits per heavy atom. The van der Waals surface area contributed by atoms with Gasteiger partial charge in [-0.3, -0.25) is 0 Å². The van der Waals surface area contributed by atoms with E-state index in [-0.39, 0.29) is 6.04 Å². The van der Waals surface area contributed by atoms with Crippen LogP contribution in [0.5, 0.6) is 0 Å². The summed E-state index contributed by atoms with van der Waals surface area (Å²) >= 11 is 0. The summed E-state index contributed by atoms with van der Waals surface area (Å²) in [4.78, 5) is 4.16. The molecule has 0 spiro atoms. The molecular formula is C12H18N4O2. The molecule has 1 atom stereocenters. The third kappa shape index (κ3) is 2.59. The second-order valence-corrected chi connectivity index (χ2v) is 4.31. The van der Waals surface area contributed by atoms with Crippen LogP contribution in [-0.2, 0) is 6.54 Å². The summed E-state index contributed by atoms with van der Waals surface area (Å²) in [5.41, 5.74) is 2.05. The largest absolute Gasteiger partial charge is 0.361 e. The summed E-state index contributed by atoms with van der Waals surface area (Å²) in [6.45, 7) is 8.35. The lowest BCUT2D eigenvalue weighted by molar-refractivity contribution is 0.381. The lowest BCUT2D eigenvalue weighted by atomic mass is 10.0. The van der Waals surface area contributed by atoms with Gasteiger partial charge in [0, 0.05) is 18.5 Å². The van der Waals surface area contributed by atoms with Gasteiger partial charge < -0.3 is 14.4 Å². The van der Waals surface area contributed by atoms with Crippen molar-refractivity contribution in [3.63, 3.8) is 0 Å². The number of nitrogens with zero attached hydrogens (tertiary/aromatic N) is 3. The molecule has 0 aromatic carbocycles. The Morgan fingerprint density at radius 3 is 2.44 bits per heavy atom. The Hall–Kier alpha value is -1.69. The molecule has 0 fully saturated rings. The molecule has 2 aromatic rings. The molecule has 0 saturated carbocycles. The Balaban J connectivity index is 2.06. The normalized spacial score (nSPS) is 12.9. The van der Waals surface area contributed by atoms with E-state index in [0.717, 1.165) is 23.4 Å². The maximum Gasteiger partial charge on any atom is 0.223 e. The van der Waals surface area contributed by atoms with Crippen LogP contribution in [0, 0.1) is 20.8 Å². The van der Waals surface area contributed by atoms with Crippen LogP contribution in [0.4, 0.5) is 0 Å². The average molecular weight is 250 g/mol. The number of nitrogens with one attached hydrogen (secondary N) is 1. The van der Waals surface area contributed by atoms with Gasteiger partial charge in [-0.2, -0.15) is 4.98 Å². The fourth-order valence-electron chi connectivity index (χ4n) is 2.07. The van der Waals surface area contributed by atoms with Crippen LogP contribution in [0.1, 0.15) is 48.1 Å². The second-order valence-electron chi connectivity index (χ2n) is 4.31. The zero-order valence-corrected chi connectivity index (χ0v) is 11.1. The van der Waals surface area contributed by atoms with E-state index in [1.165, 1.54) is 0 Å². The summed E-state index contributed by atoms with van der Waals surface area (Å²) in [7, 11) is 0. The van der Waals surface area contributed by atoms with Crippen molar-refractivity contribution in [2.24, 2.45) is 0 Å². The highest BCUT2D eigenvalue weighted by molar-refractivity contribution is 5.24. The molecule has 0 radical (unpaired) electrons. The minimum Gasteiger partial charge on any atom is -0.361 e. The van der Waals surface area contributed by atoms with Crippen LogP contribution in [0.3, 0.4) is 0 Å². The molecule has 0 amide bonds. The van der Waals surface area contributed by atoms with Gasteiger partial charge in [0.1, 0.15) is 5.76 Å². The quantitative estimate of drug-likeness (QED) is 0.876. The molecule has 0 aliphatic carbocycles. The van der Waals surface area contributed by atoms with E-state index in [4.69, 9.17) is 9.05 Å². The minimum absolute atomic E-state index is 0.190. The lowest BCUT2D eigenvalue weighted by Gasteiger charge is -2.15. The van der Waals surface area contributed by atoms with Crippen LogP contribution in [0.2, 0.25) is 0 Å². The highest BCUT2D eigenvalue weighted by Gasteiger charge is 2.19. The standard InChI is InChI=1S/C12H18N4O2/c1-5-10(12-7(2)15-17-8(12)3)13-6-11-14-9(4)18-16-11/h10,13H,5-6H2,1-4H3/t10-/m0/s1. The van der Waals surface area contributed by atoms with Crippen LogP contribution in [0.25, 0.3) is 0 Å². The van der Waals surface area contributed by atoms with Gasteiger partial charge >= 0.3 is 0 Å². The van der Waals surface area contributed by atoms with Gasteiger partial charge in [0.25, 0.3) is 0 Å². The molecule has 98 valence electrons. The molecule has 0 saturated heterocycles. The maximum absolute atomic E-state index is 5.19. The summed E-state index contributed by atoms with van der Waals surface area (Å²) in [5.74, 6) is 2.10. The molecule has 0 bridgehead atoms. The zero-order chi connectivity index (χ0) is 13.1.